The Kier molecular flexibility index (Phi) is 3.78. The van der Waals surface area contributed by atoms with E-state index in [1.54, 1.807) is 13.0 Å². The van der Waals surface area contributed by atoms with Crippen LogP contribution in [0.2, 0.25) is 0 Å². The molecule has 12 heavy (non-hydrogen) atoms. The monoisotopic (exact) mass is 164 g/mol. The summed E-state index contributed by atoms with van der Waals surface area (Å²) >= 11 is 0. The molecule has 0 radical (unpaired) electrons. The SMILES string of the molecule is CC(=O)/C=C/C=C/C1CCCC1. The summed E-state index contributed by atoms with van der Waals surface area (Å²) in [6, 6.07) is 0. The Labute approximate surface area is 74.2 Å². The highest BCUT2D eigenvalue weighted by atomic mass is 16.1. The van der Waals surface area contributed by atoms with E-state index in [2.05, 4.69) is 6.08 Å². The second-order valence-electron chi connectivity index (χ2n) is 3.40. The van der Waals surface area contributed by atoms with E-state index < -0.39 is 0 Å². The van der Waals surface area contributed by atoms with Crippen molar-refractivity contribution >= 4 is 5.78 Å². The van der Waals surface area contributed by atoms with Gasteiger partial charge in [-0.15, -0.1) is 0 Å². The molecule has 1 aliphatic carbocycles. The number of hydrogen-bond acceptors (Lipinski definition) is 1. The van der Waals surface area contributed by atoms with Crippen molar-refractivity contribution in [2.75, 3.05) is 0 Å². The smallest absolute Gasteiger partial charge is 0.152 e. The van der Waals surface area contributed by atoms with E-state index in [0.717, 1.165) is 5.92 Å². The molecule has 0 saturated heterocycles. The van der Waals surface area contributed by atoms with Crippen molar-refractivity contribution in [2.24, 2.45) is 5.92 Å². The molecule has 1 rings (SSSR count). The van der Waals surface area contributed by atoms with Crippen molar-refractivity contribution in [3.8, 4) is 0 Å². The minimum absolute atomic E-state index is 0.117. The van der Waals surface area contributed by atoms with Gasteiger partial charge in [0.15, 0.2) is 5.78 Å². The lowest BCUT2D eigenvalue weighted by atomic mass is 10.1. The third-order valence-electron chi connectivity index (χ3n) is 2.23. The van der Waals surface area contributed by atoms with Gasteiger partial charge in [0.2, 0.25) is 0 Å². The topological polar surface area (TPSA) is 17.1 Å². The van der Waals surface area contributed by atoms with Gasteiger partial charge in [-0.25, -0.2) is 0 Å². The standard InChI is InChI=1S/C11H16O/c1-10(12)6-2-3-7-11-8-4-5-9-11/h2-3,6-7,11H,4-5,8-9H2,1H3/b6-2+,7-3+. The normalized spacial score (nSPS) is 19.8. The minimum Gasteiger partial charge on any atom is -0.295 e. The Hall–Kier alpha value is -0.850. The van der Waals surface area contributed by atoms with E-state index in [1.807, 2.05) is 12.2 Å². The Bertz CT molecular complexity index is 195. The number of allylic oxidation sites excluding steroid dienone is 4. The molecule has 0 aromatic carbocycles. The maximum Gasteiger partial charge on any atom is 0.152 e. The molecule has 66 valence electrons. The zero-order chi connectivity index (χ0) is 8.81. The molecule has 0 aromatic heterocycles. The van der Waals surface area contributed by atoms with Crippen molar-refractivity contribution in [1.29, 1.82) is 0 Å². The van der Waals surface area contributed by atoms with Gasteiger partial charge in [-0.3, -0.25) is 4.79 Å². The van der Waals surface area contributed by atoms with E-state index in [1.165, 1.54) is 25.7 Å². The van der Waals surface area contributed by atoms with Crippen LogP contribution in [0.1, 0.15) is 32.6 Å². The molecule has 0 aliphatic heterocycles. The van der Waals surface area contributed by atoms with Gasteiger partial charge >= 0.3 is 0 Å². The molecule has 1 heteroatoms. The molecular weight excluding hydrogens is 148 g/mol. The third kappa shape index (κ3) is 3.51. The van der Waals surface area contributed by atoms with Crippen molar-refractivity contribution < 1.29 is 4.79 Å². The molecule has 1 aliphatic rings. The first-order valence-electron chi connectivity index (χ1n) is 4.64. The minimum atomic E-state index is 0.117. The number of rotatable bonds is 3. The van der Waals surface area contributed by atoms with Crippen LogP contribution >= 0.6 is 0 Å². The van der Waals surface area contributed by atoms with Crippen molar-refractivity contribution in [2.45, 2.75) is 32.6 Å². The fourth-order valence-electron chi connectivity index (χ4n) is 1.56. The van der Waals surface area contributed by atoms with Gasteiger partial charge < -0.3 is 0 Å². The van der Waals surface area contributed by atoms with Crippen LogP contribution < -0.4 is 0 Å². The molecule has 1 saturated carbocycles. The molecule has 0 unspecified atom stereocenters. The fourth-order valence-corrected chi connectivity index (χ4v) is 1.56. The first-order valence-corrected chi connectivity index (χ1v) is 4.64. The van der Waals surface area contributed by atoms with Gasteiger partial charge in [-0.2, -0.15) is 0 Å². The summed E-state index contributed by atoms with van der Waals surface area (Å²) in [4.78, 5) is 10.5. The Balaban J connectivity index is 2.24. The predicted molar refractivity (Wildman–Crippen MR) is 50.9 cm³/mol. The summed E-state index contributed by atoms with van der Waals surface area (Å²) in [5, 5.41) is 0. The van der Waals surface area contributed by atoms with Crippen molar-refractivity contribution in [3.05, 3.63) is 24.3 Å². The van der Waals surface area contributed by atoms with E-state index in [4.69, 9.17) is 0 Å². The second-order valence-corrected chi connectivity index (χ2v) is 3.40. The van der Waals surface area contributed by atoms with Gasteiger partial charge in [0, 0.05) is 0 Å². The summed E-state index contributed by atoms with van der Waals surface area (Å²) in [5.74, 6) is 0.882. The lowest BCUT2D eigenvalue weighted by molar-refractivity contribution is -0.112. The van der Waals surface area contributed by atoms with Crippen LogP contribution in [-0.2, 0) is 4.79 Å². The zero-order valence-electron chi connectivity index (χ0n) is 7.62. The van der Waals surface area contributed by atoms with E-state index in [9.17, 15) is 4.79 Å². The maximum atomic E-state index is 10.5. The van der Waals surface area contributed by atoms with E-state index in [0.29, 0.717) is 0 Å². The Morgan fingerprint density at radius 3 is 2.50 bits per heavy atom. The summed E-state index contributed by atoms with van der Waals surface area (Å²) in [7, 11) is 0. The molecule has 1 nitrogen and oxygen atoms in total. The largest absolute Gasteiger partial charge is 0.295 e. The first-order chi connectivity index (χ1) is 5.79. The van der Waals surface area contributed by atoms with E-state index in [-0.39, 0.29) is 5.78 Å². The van der Waals surface area contributed by atoms with Gasteiger partial charge in [-0.05, 0) is 31.8 Å². The highest BCUT2D eigenvalue weighted by molar-refractivity contribution is 5.87. The molecule has 1 fully saturated rings. The summed E-state index contributed by atoms with van der Waals surface area (Å²) < 4.78 is 0. The van der Waals surface area contributed by atoms with Crippen LogP contribution in [0.3, 0.4) is 0 Å². The Morgan fingerprint density at radius 1 is 1.25 bits per heavy atom. The van der Waals surface area contributed by atoms with Crippen molar-refractivity contribution in [3.63, 3.8) is 0 Å². The molecule has 0 atom stereocenters. The summed E-state index contributed by atoms with van der Waals surface area (Å²) in [5.41, 5.74) is 0. The molecule has 0 heterocycles. The molecular formula is C11H16O. The van der Waals surface area contributed by atoms with Crippen LogP contribution in [0.15, 0.2) is 24.3 Å². The first kappa shape index (κ1) is 9.24. The quantitative estimate of drug-likeness (QED) is 0.463. The fraction of sp³-hybridized carbons (Fsp3) is 0.545. The average Bonchev–Trinajstić information content (AvgIpc) is 2.49. The molecule has 0 amide bonds. The second kappa shape index (κ2) is 4.91. The number of carbonyl (C=O) groups is 1. The third-order valence-corrected chi connectivity index (χ3v) is 2.23. The van der Waals surface area contributed by atoms with Gasteiger partial charge in [0.1, 0.15) is 0 Å². The van der Waals surface area contributed by atoms with Gasteiger partial charge in [0.05, 0.1) is 0 Å². The molecule has 0 aromatic rings. The number of carbonyl (C=O) groups excluding carboxylic acids is 1. The van der Waals surface area contributed by atoms with Gasteiger partial charge in [0.25, 0.3) is 0 Å². The van der Waals surface area contributed by atoms with Crippen LogP contribution in [-0.4, -0.2) is 5.78 Å². The van der Waals surface area contributed by atoms with Crippen LogP contribution in [0, 0.1) is 5.92 Å². The number of ketones is 1. The van der Waals surface area contributed by atoms with Crippen LogP contribution in [0.25, 0.3) is 0 Å². The highest BCUT2D eigenvalue weighted by Crippen LogP contribution is 2.25. The molecule has 0 spiro atoms. The summed E-state index contributed by atoms with van der Waals surface area (Å²) in [6.07, 6.45) is 13.0. The Morgan fingerprint density at radius 2 is 1.92 bits per heavy atom. The number of hydrogen-bond donors (Lipinski definition) is 0. The van der Waals surface area contributed by atoms with E-state index >= 15 is 0 Å². The van der Waals surface area contributed by atoms with Crippen LogP contribution in [0.4, 0.5) is 0 Å². The highest BCUT2D eigenvalue weighted by Gasteiger charge is 2.10. The predicted octanol–water partition coefficient (Wildman–Crippen LogP) is 2.88. The zero-order valence-corrected chi connectivity index (χ0v) is 7.62. The lowest BCUT2D eigenvalue weighted by Gasteiger charge is -1.97. The van der Waals surface area contributed by atoms with Crippen LogP contribution in [0.5, 0.6) is 0 Å². The lowest BCUT2D eigenvalue weighted by Crippen LogP contribution is -1.84. The maximum absolute atomic E-state index is 10.5. The van der Waals surface area contributed by atoms with Crippen molar-refractivity contribution in [1.82, 2.24) is 0 Å². The summed E-state index contributed by atoms with van der Waals surface area (Å²) in [6.45, 7) is 1.57. The molecule has 0 N–H and O–H groups in total. The molecule has 0 bridgehead atoms. The average molecular weight is 164 g/mol. The van der Waals surface area contributed by atoms with Gasteiger partial charge in [-0.1, -0.05) is 31.1 Å².